The first-order valence-electron chi connectivity index (χ1n) is 3.86. The Kier molecular flexibility index (Phi) is 1.85. The maximum atomic E-state index is 12.7. The van der Waals surface area contributed by atoms with Crippen LogP contribution in [0.2, 0.25) is 0 Å². The number of benzene rings is 1. The zero-order chi connectivity index (χ0) is 10.1. The average Bonchev–Trinajstić information content (AvgIpc) is 2.16. The third kappa shape index (κ3) is 1.39. The summed E-state index contributed by atoms with van der Waals surface area (Å²) < 4.78 is 12.7. The Hall–Kier alpha value is -2.04. The van der Waals surface area contributed by atoms with Crippen LogP contribution in [0.15, 0.2) is 30.5 Å². The van der Waals surface area contributed by atoms with Gasteiger partial charge in [-0.05, 0) is 12.1 Å². The summed E-state index contributed by atoms with van der Waals surface area (Å²) in [6.07, 6.45) is 1.08. The van der Waals surface area contributed by atoms with E-state index in [2.05, 4.69) is 4.98 Å². The summed E-state index contributed by atoms with van der Waals surface area (Å²) in [5.74, 6) is -0.502. The van der Waals surface area contributed by atoms with E-state index in [9.17, 15) is 14.5 Å². The van der Waals surface area contributed by atoms with Crippen LogP contribution in [-0.4, -0.2) is 9.91 Å². The Balaban J connectivity index is 2.69. The number of non-ortho nitro benzene ring substituents is 1. The summed E-state index contributed by atoms with van der Waals surface area (Å²) in [5, 5.41) is 10.9. The van der Waals surface area contributed by atoms with Gasteiger partial charge in [0.25, 0.3) is 5.69 Å². The largest absolute Gasteiger partial charge is 0.270 e. The van der Waals surface area contributed by atoms with Crippen LogP contribution in [0.25, 0.3) is 10.9 Å². The Labute approximate surface area is 78.2 Å². The molecule has 1 aromatic heterocycles. The number of nitro groups is 1. The molecule has 0 aliphatic heterocycles. The number of halogens is 1. The van der Waals surface area contributed by atoms with Gasteiger partial charge in [-0.15, -0.1) is 0 Å². The molecule has 4 nitrogen and oxygen atoms in total. The van der Waals surface area contributed by atoms with Crippen molar-refractivity contribution in [1.29, 1.82) is 0 Å². The highest BCUT2D eigenvalue weighted by molar-refractivity contribution is 5.80. The monoisotopic (exact) mass is 192 g/mol. The van der Waals surface area contributed by atoms with E-state index in [1.165, 1.54) is 24.3 Å². The molecule has 5 heteroatoms. The lowest BCUT2D eigenvalue weighted by Gasteiger charge is -1.96. The molecule has 70 valence electrons. The Morgan fingerprint density at radius 1 is 1.36 bits per heavy atom. The van der Waals surface area contributed by atoms with Crippen molar-refractivity contribution in [3.05, 3.63) is 46.4 Å². The molecule has 0 fully saturated rings. The maximum absolute atomic E-state index is 12.7. The van der Waals surface area contributed by atoms with Crippen LogP contribution in [0.1, 0.15) is 0 Å². The fourth-order valence-corrected chi connectivity index (χ4v) is 1.21. The van der Waals surface area contributed by atoms with Crippen LogP contribution in [0, 0.1) is 15.9 Å². The Morgan fingerprint density at radius 2 is 2.14 bits per heavy atom. The van der Waals surface area contributed by atoms with Crippen LogP contribution < -0.4 is 0 Å². The SMILES string of the molecule is O=[N+]([O-])c1ccc2ncc(F)cc2c1. The van der Waals surface area contributed by atoms with Gasteiger partial charge in [-0.1, -0.05) is 0 Å². The van der Waals surface area contributed by atoms with Crippen LogP contribution in [0.3, 0.4) is 0 Å². The standard InChI is InChI=1S/C9H5FN2O2/c10-7-3-6-4-8(12(13)14)1-2-9(6)11-5-7/h1-5H. The molecule has 1 heterocycles. The summed E-state index contributed by atoms with van der Waals surface area (Å²) >= 11 is 0. The third-order valence-electron chi connectivity index (χ3n) is 1.84. The van der Waals surface area contributed by atoms with Gasteiger partial charge in [0.05, 0.1) is 16.6 Å². The van der Waals surface area contributed by atoms with Crippen LogP contribution >= 0.6 is 0 Å². The Morgan fingerprint density at radius 3 is 2.86 bits per heavy atom. The number of pyridine rings is 1. The number of hydrogen-bond acceptors (Lipinski definition) is 3. The van der Waals surface area contributed by atoms with Crippen molar-refractivity contribution in [3.63, 3.8) is 0 Å². The molecule has 0 unspecified atom stereocenters. The van der Waals surface area contributed by atoms with Gasteiger partial charge < -0.3 is 0 Å². The number of aromatic nitrogens is 1. The molecule has 2 aromatic rings. The quantitative estimate of drug-likeness (QED) is 0.514. The molecule has 0 bridgehead atoms. The van der Waals surface area contributed by atoms with Gasteiger partial charge in [-0.3, -0.25) is 15.1 Å². The second kappa shape index (κ2) is 3.02. The normalized spacial score (nSPS) is 10.4. The predicted octanol–water partition coefficient (Wildman–Crippen LogP) is 2.28. The van der Waals surface area contributed by atoms with Crippen molar-refractivity contribution >= 4 is 16.6 Å². The lowest BCUT2D eigenvalue weighted by Crippen LogP contribution is -1.88. The van der Waals surface area contributed by atoms with E-state index in [0.717, 1.165) is 6.20 Å². The molecule has 0 radical (unpaired) electrons. The smallest absolute Gasteiger partial charge is 0.258 e. The first kappa shape index (κ1) is 8.55. The molecule has 0 saturated heterocycles. The van der Waals surface area contributed by atoms with Crippen molar-refractivity contribution in [2.45, 2.75) is 0 Å². The molecule has 0 amide bonds. The minimum atomic E-state index is -0.523. The highest BCUT2D eigenvalue weighted by atomic mass is 19.1. The lowest BCUT2D eigenvalue weighted by atomic mass is 10.2. The van der Waals surface area contributed by atoms with E-state index in [-0.39, 0.29) is 5.69 Å². The van der Waals surface area contributed by atoms with Crippen LogP contribution in [0.4, 0.5) is 10.1 Å². The molecule has 0 spiro atoms. The predicted molar refractivity (Wildman–Crippen MR) is 48.4 cm³/mol. The molecule has 2 rings (SSSR count). The van der Waals surface area contributed by atoms with Gasteiger partial charge in [-0.2, -0.15) is 0 Å². The van der Waals surface area contributed by atoms with Gasteiger partial charge >= 0.3 is 0 Å². The van der Waals surface area contributed by atoms with Crippen LogP contribution in [0.5, 0.6) is 0 Å². The highest BCUT2D eigenvalue weighted by Gasteiger charge is 2.06. The summed E-state index contributed by atoms with van der Waals surface area (Å²) in [7, 11) is 0. The minimum Gasteiger partial charge on any atom is -0.258 e. The molecular weight excluding hydrogens is 187 g/mol. The second-order valence-electron chi connectivity index (χ2n) is 2.79. The lowest BCUT2D eigenvalue weighted by molar-refractivity contribution is -0.384. The van der Waals surface area contributed by atoms with Gasteiger partial charge in [0, 0.05) is 17.5 Å². The topological polar surface area (TPSA) is 56.0 Å². The number of nitro benzene ring substituents is 1. The van der Waals surface area contributed by atoms with Crippen molar-refractivity contribution in [2.24, 2.45) is 0 Å². The first-order valence-corrected chi connectivity index (χ1v) is 3.86. The number of nitrogens with zero attached hydrogens (tertiary/aromatic N) is 2. The fourth-order valence-electron chi connectivity index (χ4n) is 1.21. The number of rotatable bonds is 1. The molecule has 0 N–H and O–H groups in total. The average molecular weight is 192 g/mol. The molecule has 0 aliphatic carbocycles. The molecule has 1 aromatic carbocycles. The van der Waals surface area contributed by atoms with E-state index >= 15 is 0 Å². The first-order chi connectivity index (χ1) is 6.66. The Bertz CT molecular complexity index is 513. The fraction of sp³-hybridized carbons (Fsp3) is 0. The molecule has 0 saturated carbocycles. The van der Waals surface area contributed by atoms with E-state index in [1.807, 2.05) is 0 Å². The van der Waals surface area contributed by atoms with Crippen molar-refractivity contribution < 1.29 is 9.31 Å². The molecule has 0 atom stereocenters. The minimum absolute atomic E-state index is 0.0649. The van der Waals surface area contributed by atoms with Crippen LogP contribution in [-0.2, 0) is 0 Å². The van der Waals surface area contributed by atoms with E-state index < -0.39 is 10.7 Å². The number of hydrogen-bond donors (Lipinski definition) is 0. The zero-order valence-corrected chi connectivity index (χ0v) is 6.98. The van der Waals surface area contributed by atoms with Gasteiger partial charge in [0.15, 0.2) is 0 Å². The highest BCUT2D eigenvalue weighted by Crippen LogP contribution is 2.19. The van der Waals surface area contributed by atoms with Crippen molar-refractivity contribution in [1.82, 2.24) is 4.98 Å². The third-order valence-corrected chi connectivity index (χ3v) is 1.84. The summed E-state index contributed by atoms with van der Waals surface area (Å²) in [5.41, 5.74) is 0.474. The van der Waals surface area contributed by atoms with Crippen molar-refractivity contribution in [3.8, 4) is 0 Å². The van der Waals surface area contributed by atoms with Gasteiger partial charge in [-0.25, -0.2) is 4.39 Å². The maximum Gasteiger partial charge on any atom is 0.270 e. The molecule has 0 aliphatic rings. The molecular formula is C9H5FN2O2. The molecule has 14 heavy (non-hydrogen) atoms. The van der Waals surface area contributed by atoms with E-state index in [1.54, 1.807) is 0 Å². The van der Waals surface area contributed by atoms with E-state index in [0.29, 0.717) is 10.9 Å². The summed E-state index contributed by atoms with van der Waals surface area (Å²) in [6, 6.07) is 5.35. The van der Waals surface area contributed by atoms with Gasteiger partial charge in [0.2, 0.25) is 0 Å². The zero-order valence-electron chi connectivity index (χ0n) is 6.98. The van der Waals surface area contributed by atoms with E-state index in [4.69, 9.17) is 0 Å². The number of fused-ring (bicyclic) bond motifs is 1. The van der Waals surface area contributed by atoms with Gasteiger partial charge in [0.1, 0.15) is 5.82 Å². The van der Waals surface area contributed by atoms with Crippen molar-refractivity contribution in [2.75, 3.05) is 0 Å². The summed E-state index contributed by atoms with van der Waals surface area (Å²) in [6.45, 7) is 0. The summed E-state index contributed by atoms with van der Waals surface area (Å²) in [4.78, 5) is 13.7. The second-order valence-corrected chi connectivity index (χ2v) is 2.79.